The number of hydrogen-bond acceptors (Lipinski definition) is 5. The Kier molecular flexibility index (Phi) is 7.60. The van der Waals surface area contributed by atoms with Crippen LogP contribution in [-0.2, 0) is 0 Å². The van der Waals surface area contributed by atoms with Crippen molar-refractivity contribution < 1.29 is 0 Å². The number of thiophene rings is 1. The number of benzene rings is 7. The molecule has 0 aliphatic heterocycles. The second kappa shape index (κ2) is 13.2. The van der Waals surface area contributed by atoms with Crippen LogP contribution in [0.4, 0.5) is 0 Å². The topological polar surface area (TPSA) is 56.5 Å². The molecule has 0 aliphatic rings. The third-order valence-corrected chi connectivity index (χ3v) is 11.6. The zero-order chi connectivity index (χ0) is 37.0. The van der Waals surface area contributed by atoms with Crippen LogP contribution in [0.2, 0.25) is 0 Å². The van der Waals surface area contributed by atoms with Crippen molar-refractivity contribution in [2.45, 2.75) is 0 Å². The summed E-state index contributed by atoms with van der Waals surface area (Å²) in [4.78, 5) is 21.4. The molecule has 0 N–H and O–H groups in total. The largest absolute Gasteiger partial charge is 0.301 e. The lowest BCUT2D eigenvalue weighted by Crippen LogP contribution is -2.00. The van der Waals surface area contributed by atoms with Crippen molar-refractivity contribution >= 4 is 53.4 Å². The van der Waals surface area contributed by atoms with Gasteiger partial charge in [-0.1, -0.05) is 158 Å². The minimum absolute atomic E-state index is 0.633. The monoisotopic (exact) mass is 733 g/mol. The quantitative estimate of drug-likeness (QED) is 0.171. The molecule has 56 heavy (non-hydrogen) atoms. The lowest BCUT2D eigenvalue weighted by molar-refractivity contribution is 1.07. The predicted octanol–water partition coefficient (Wildman–Crippen LogP) is 13.1. The van der Waals surface area contributed by atoms with Crippen molar-refractivity contribution in [3.8, 4) is 62.2 Å². The van der Waals surface area contributed by atoms with Gasteiger partial charge < -0.3 is 4.57 Å². The van der Waals surface area contributed by atoms with Crippen LogP contribution < -0.4 is 0 Å². The SMILES string of the molecule is c1ccc(-c2nc(-c3ccccc3)nc(-c3cccc(-c4cccc(-n5c6ccccc6c6c7c(sc65)c(-c5ccccc5)nc5ccccc57)c4)c3)n2)cc1. The zero-order valence-corrected chi connectivity index (χ0v) is 30.9. The number of hydrogen-bond donors (Lipinski definition) is 0. The number of pyridine rings is 1. The van der Waals surface area contributed by atoms with Crippen molar-refractivity contribution in [1.82, 2.24) is 24.5 Å². The molecule has 0 radical (unpaired) electrons. The standard InChI is InChI=1S/C50H31N5S/c1-4-16-32(17-5-1)45-46-43(39-26-10-12-28-41(39)51-45)44-40-27-11-13-29-42(40)55(50(44)56-46)38-25-15-23-36(31-38)35-22-14-24-37(30-35)49-53-47(33-18-6-2-7-19-33)52-48(54-49)34-20-8-3-9-21-34/h1-31H. The highest BCUT2D eigenvalue weighted by molar-refractivity contribution is 7.26. The van der Waals surface area contributed by atoms with E-state index in [1.54, 1.807) is 0 Å². The second-order valence-electron chi connectivity index (χ2n) is 13.9. The van der Waals surface area contributed by atoms with Gasteiger partial charge in [-0.2, -0.15) is 0 Å². The highest BCUT2D eigenvalue weighted by atomic mass is 32.1. The molecule has 0 fully saturated rings. The van der Waals surface area contributed by atoms with Gasteiger partial charge in [0.15, 0.2) is 17.5 Å². The Balaban J connectivity index is 1.08. The maximum Gasteiger partial charge on any atom is 0.164 e. The Morgan fingerprint density at radius 2 is 0.893 bits per heavy atom. The molecule has 6 heteroatoms. The van der Waals surface area contributed by atoms with Gasteiger partial charge in [0, 0.05) is 49.5 Å². The Labute approximate surface area is 326 Å². The second-order valence-corrected chi connectivity index (χ2v) is 14.9. The molecular formula is C50H31N5S. The number of para-hydroxylation sites is 2. The maximum atomic E-state index is 5.25. The summed E-state index contributed by atoms with van der Waals surface area (Å²) in [7, 11) is 0. The van der Waals surface area contributed by atoms with E-state index >= 15 is 0 Å². The number of aromatic nitrogens is 5. The van der Waals surface area contributed by atoms with Crippen molar-refractivity contribution in [3.63, 3.8) is 0 Å². The molecule has 0 unspecified atom stereocenters. The molecule has 0 saturated heterocycles. The molecule has 11 rings (SSSR count). The van der Waals surface area contributed by atoms with Crippen LogP contribution in [0.5, 0.6) is 0 Å². The summed E-state index contributed by atoms with van der Waals surface area (Å²) >= 11 is 1.82. The van der Waals surface area contributed by atoms with E-state index in [9.17, 15) is 0 Å². The normalized spacial score (nSPS) is 11.6. The molecule has 0 saturated carbocycles. The molecule has 262 valence electrons. The highest BCUT2D eigenvalue weighted by Crippen LogP contribution is 2.47. The van der Waals surface area contributed by atoms with Crippen molar-refractivity contribution in [2.24, 2.45) is 0 Å². The van der Waals surface area contributed by atoms with Gasteiger partial charge in [0.05, 0.1) is 21.4 Å². The predicted molar refractivity (Wildman–Crippen MR) is 232 cm³/mol. The number of nitrogens with zero attached hydrogens (tertiary/aromatic N) is 5. The minimum Gasteiger partial charge on any atom is -0.301 e. The molecule has 11 aromatic rings. The van der Waals surface area contributed by atoms with Gasteiger partial charge in [-0.05, 0) is 41.5 Å². The summed E-state index contributed by atoms with van der Waals surface area (Å²) in [5.74, 6) is 1.92. The lowest BCUT2D eigenvalue weighted by Gasteiger charge is -2.11. The van der Waals surface area contributed by atoms with Gasteiger partial charge in [0.25, 0.3) is 0 Å². The molecular weight excluding hydrogens is 703 g/mol. The van der Waals surface area contributed by atoms with E-state index in [1.807, 2.05) is 72.0 Å². The van der Waals surface area contributed by atoms with E-state index in [4.69, 9.17) is 19.9 Å². The fourth-order valence-corrected chi connectivity index (χ4v) is 9.22. The van der Waals surface area contributed by atoms with Crippen LogP contribution in [0.3, 0.4) is 0 Å². The van der Waals surface area contributed by atoms with Crippen LogP contribution in [0.25, 0.3) is 104 Å². The molecule has 7 aromatic carbocycles. The molecule has 0 aliphatic carbocycles. The summed E-state index contributed by atoms with van der Waals surface area (Å²) in [5.41, 5.74) is 10.4. The van der Waals surface area contributed by atoms with Crippen LogP contribution >= 0.6 is 11.3 Å². The Bertz CT molecular complexity index is 3190. The molecule has 5 nitrogen and oxygen atoms in total. The smallest absolute Gasteiger partial charge is 0.164 e. The summed E-state index contributed by atoms with van der Waals surface area (Å²) in [5, 5.41) is 4.93. The van der Waals surface area contributed by atoms with E-state index in [0.717, 1.165) is 50.3 Å². The minimum atomic E-state index is 0.633. The first kappa shape index (κ1) is 32.2. The molecule has 0 spiro atoms. The van der Waals surface area contributed by atoms with Gasteiger partial charge in [-0.3, -0.25) is 0 Å². The number of rotatable bonds is 6. The fraction of sp³-hybridized carbons (Fsp3) is 0. The van der Waals surface area contributed by atoms with Gasteiger partial charge in [0.1, 0.15) is 4.83 Å². The van der Waals surface area contributed by atoms with Gasteiger partial charge in [-0.15, -0.1) is 11.3 Å². The summed E-state index contributed by atoms with van der Waals surface area (Å²) in [6.45, 7) is 0. The fourth-order valence-electron chi connectivity index (χ4n) is 7.84. The maximum absolute atomic E-state index is 5.25. The zero-order valence-electron chi connectivity index (χ0n) is 30.0. The summed E-state index contributed by atoms with van der Waals surface area (Å²) in [6, 6.07) is 65.4. The highest BCUT2D eigenvalue weighted by Gasteiger charge is 2.23. The third-order valence-electron chi connectivity index (χ3n) is 10.4. The van der Waals surface area contributed by atoms with E-state index in [0.29, 0.717) is 17.5 Å². The Morgan fingerprint density at radius 3 is 1.59 bits per heavy atom. The lowest BCUT2D eigenvalue weighted by atomic mass is 10.0. The summed E-state index contributed by atoms with van der Waals surface area (Å²) < 4.78 is 3.63. The van der Waals surface area contributed by atoms with Crippen LogP contribution in [-0.4, -0.2) is 24.5 Å². The first-order valence-electron chi connectivity index (χ1n) is 18.6. The summed E-state index contributed by atoms with van der Waals surface area (Å²) in [6.07, 6.45) is 0. The van der Waals surface area contributed by atoms with Crippen LogP contribution in [0, 0.1) is 0 Å². The molecule has 4 aromatic heterocycles. The number of fused-ring (bicyclic) bond motifs is 7. The van der Waals surface area contributed by atoms with Crippen LogP contribution in [0.1, 0.15) is 0 Å². The van der Waals surface area contributed by atoms with Crippen molar-refractivity contribution in [3.05, 3.63) is 188 Å². The average molecular weight is 734 g/mol. The van der Waals surface area contributed by atoms with Crippen LogP contribution in [0.15, 0.2) is 188 Å². The van der Waals surface area contributed by atoms with Gasteiger partial charge in [-0.25, -0.2) is 19.9 Å². The van der Waals surface area contributed by atoms with Crippen molar-refractivity contribution in [2.75, 3.05) is 0 Å². The molecule has 0 amide bonds. The van der Waals surface area contributed by atoms with Gasteiger partial charge in [0.2, 0.25) is 0 Å². The van der Waals surface area contributed by atoms with E-state index in [1.165, 1.54) is 36.6 Å². The van der Waals surface area contributed by atoms with Gasteiger partial charge >= 0.3 is 0 Å². The molecule has 0 atom stereocenters. The Hall–Kier alpha value is -7.28. The average Bonchev–Trinajstić information content (AvgIpc) is 3.82. The Morgan fingerprint density at radius 1 is 0.375 bits per heavy atom. The first-order chi connectivity index (χ1) is 27.8. The third kappa shape index (κ3) is 5.38. The molecule has 0 bridgehead atoms. The first-order valence-corrected chi connectivity index (χ1v) is 19.5. The van der Waals surface area contributed by atoms with Crippen molar-refractivity contribution in [1.29, 1.82) is 0 Å². The van der Waals surface area contributed by atoms with E-state index < -0.39 is 0 Å². The molecule has 4 heterocycles. The van der Waals surface area contributed by atoms with E-state index in [2.05, 4.69) is 132 Å². The van der Waals surface area contributed by atoms with E-state index in [-0.39, 0.29) is 0 Å².